The van der Waals surface area contributed by atoms with Crippen LogP contribution in [0.25, 0.3) is 0 Å². The van der Waals surface area contributed by atoms with E-state index in [4.69, 9.17) is 9.47 Å². The minimum Gasteiger partial charge on any atom is -0.496 e. The van der Waals surface area contributed by atoms with Crippen molar-refractivity contribution >= 4 is 0 Å². The molecule has 3 aromatic carbocycles. The highest BCUT2D eigenvalue weighted by molar-refractivity contribution is 5.39. The number of benzene rings is 3. The number of rotatable bonds is 7. The normalized spacial score (nSPS) is 11.8. The molecule has 0 aliphatic carbocycles. The van der Waals surface area contributed by atoms with E-state index in [9.17, 15) is 5.11 Å². The first-order valence-electron chi connectivity index (χ1n) is 8.33. The highest BCUT2D eigenvalue weighted by Gasteiger charge is 2.16. The predicted molar refractivity (Wildman–Crippen MR) is 98.9 cm³/mol. The molecule has 0 radical (unpaired) electrons. The fourth-order valence-electron chi connectivity index (χ4n) is 2.81. The van der Waals surface area contributed by atoms with Gasteiger partial charge in [0.25, 0.3) is 0 Å². The third kappa shape index (κ3) is 4.40. The smallest absolute Gasteiger partial charge is 0.125 e. The molecule has 0 aromatic heterocycles. The second-order valence-corrected chi connectivity index (χ2v) is 5.84. The molecule has 0 heterocycles. The molecule has 3 heteroatoms. The van der Waals surface area contributed by atoms with Crippen LogP contribution in [-0.4, -0.2) is 12.2 Å². The molecule has 3 aromatic rings. The Morgan fingerprint density at radius 2 is 1.44 bits per heavy atom. The molecule has 0 saturated carbocycles. The van der Waals surface area contributed by atoms with Crippen molar-refractivity contribution in [1.29, 1.82) is 0 Å². The van der Waals surface area contributed by atoms with Gasteiger partial charge in [0, 0.05) is 12.0 Å². The van der Waals surface area contributed by atoms with Gasteiger partial charge in [0.05, 0.1) is 13.2 Å². The monoisotopic (exact) mass is 334 g/mol. The summed E-state index contributed by atoms with van der Waals surface area (Å²) in [6.45, 7) is 0.471. The van der Waals surface area contributed by atoms with Gasteiger partial charge in [-0.1, -0.05) is 66.7 Å². The van der Waals surface area contributed by atoms with Crippen molar-refractivity contribution in [3.63, 3.8) is 0 Å². The van der Waals surface area contributed by atoms with Gasteiger partial charge in [-0.3, -0.25) is 0 Å². The highest BCUT2D eigenvalue weighted by atomic mass is 16.5. The summed E-state index contributed by atoms with van der Waals surface area (Å²) in [5.74, 6) is 1.48. The summed E-state index contributed by atoms with van der Waals surface area (Å²) < 4.78 is 11.3. The zero-order valence-corrected chi connectivity index (χ0v) is 14.3. The molecule has 3 rings (SSSR count). The van der Waals surface area contributed by atoms with Crippen LogP contribution in [0.2, 0.25) is 0 Å². The molecule has 0 bridgehead atoms. The number of aliphatic hydroxyl groups is 1. The molecule has 25 heavy (non-hydrogen) atoms. The van der Waals surface area contributed by atoms with E-state index in [0.717, 1.165) is 22.4 Å². The summed E-state index contributed by atoms with van der Waals surface area (Å²) in [5, 5.41) is 10.7. The van der Waals surface area contributed by atoms with Crippen LogP contribution in [0, 0.1) is 0 Å². The SMILES string of the molecule is COc1ccccc1CC(O)c1ccccc1OCc1ccccc1. The summed E-state index contributed by atoms with van der Waals surface area (Å²) in [6, 6.07) is 25.4. The van der Waals surface area contributed by atoms with Crippen molar-refractivity contribution < 1.29 is 14.6 Å². The molecule has 0 aliphatic rings. The van der Waals surface area contributed by atoms with E-state index in [2.05, 4.69) is 0 Å². The van der Waals surface area contributed by atoms with Crippen molar-refractivity contribution in [2.24, 2.45) is 0 Å². The standard InChI is InChI=1S/C22H22O3/c1-24-21-13-7-5-11-18(21)15-20(23)19-12-6-8-14-22(19)25-16-17-9-3-2-4-10-17/h2-14,20,23H,15-16H2,1H3. The van der Waals surface area contributed by atoms with E-state index in [-0.39, 0.29) is 0 Å². The Morgan fingerprint density at radius 3 is 2.20 bits per heavy atom. The Morgan fingerprint density at radius 1 is 0.800 bits per heavy atom. The van der Waals surface area contributed by atoms with E-state index in [1.165, 1.54) is 0 Å². The molecule has 0 fully saturated rings. The fraction of sp³-hybridized carbons (Fsp3) is 0.182. The number of ether oxygens (including phenoxy) is 2. The second kappa shape index (κ2) is 8.36. The molecule has 0 spiro atoms. The average molecular weight is 334 g/mol. The van der Waals surface area contributed by atoms with Crippen LogP contribution in [0.3, 0.4) is 0 Å². The topological polar surface area (TPSA) is 38.7 Å². The second-order valence-electron chi connectivity index (χ2n) is 5.84. The zero-order valence-electron chi connectivity index (χ0n) is 14.3. The average Bonchev–Trinajstić information content (AvgIpc) is 2.68. The van der Waals surface area contributed by atoms with Crippen LogP contribution >= 0.6 is 0 Å². The van der Waals surface area contributed by atoms with E-state index < -0.39 is 6.10 Å². The first-order chi connectivity index (χ1) is 12.3. The van der Waals surface area contributed by atoms with Crippen LogP contribution in [-0.2, 0) is 13.0 Å². The van der Waals surface area contributed by atoms with Crippen molar-refractivity contribution in [1.82, 2.24) is 0 Å². The summed E-state index contributed by atoms with van der Waals surface area (Å²) in [7, 11) is 1.64. The molecular formula is C22H22O3. The Balaban J connectivity index is 1.75. The van der Waals surface area contributed by atoms with Gasteiger partial charge in [-0.05, 0) is 23.3 Å². The predicted octanol–water partition coefficient (Wildman–Crippen LogP) is 4.55. The van der Waals surface area contributed by atoms with Gasteiger partial charge in [-0.15, -0.1) is 0 Å². The minimum atomic E-state index is -0.664. The Kier molecular flexibility index (Phi) is 5.70. The number of methoxy groups -OCH3 is 1. The van der Waals surface area contributed by atoms with Gasteiger partial charge in [-0.25, -0.2) is 0 Å². The van der Waals surface area contributed by atoms with E-state index in [0.29, 0.717) is 18.8 Å². The molecule has 3 nitrogen and oxygen atoms in total. The van der Waals surface area contributed by atoms with Gasteiger partial charge in [0.2, 0.25) is 0 Å². The lowest BCUT2D eigenvalue weighted by molar-refractivity contribution is 0.169. The maximum atomic E-state index is 10.7. The van der Waals surface area contributed by atoms with Crippen molar-refractivity contribution in [2.45, 2.75) is 19.1 Å². The number of para-hydroxylation sites is 2. The van der Waals surface area contributed by atoms with Crippen molar-refractivity contribution in [2.75, 3.05) is 7.11 Å². The third-order valence-electron chi connectivity index (χ3n) is 4.12. The number of hydrogen-bond donors (Lipinski definition) is 1. The summed E-state index contributed by atoms with van der Waals surface area (Å²) >= 11 is 0. The lowest BCUT2D eigenvalue weighted by Crippen LogP contribution is -2.06. The van der Waals surface area contributed by atoms with Crippen LogP contribution < -0.4 is 9.47 Å². The molecular weight excluding hydrogens is 312 g/mol. The van der Waals surface area contributed by atoms with E-state index in [1.807, 2.05) is 78.9 Å². The summed E-state index contributed by atoms with van der Waals surface area (Å²) in [6.07, 6.45) is -0.196. The minimum absolute atomic E-state index is 0.468. The highest BCUT2D eigenvalue weighted by Crippen LogP contribution is 2.30. The fourth-order valence-corrected chi connectivity index (χ4v) is 2.81. The zero-order chi connectivity index (χ0) is 17.5. The molecule has 0 amide bonds. The Hall–Kier alpha value is -2.78. The molecule has 0 saturated heterocycles. The van der Waals surface area contributed by atoms with Gasteiger partial charge in [0.1, 0.15) is 18.1 Å². The van der Waals surface area contributed by atoms with Crippen LogP contribution in [0.1, 0.15) is 22.8 Å². The number of aliphatic hydroxyl groups excluding tert-OH is 1. The lowest BCUT2D eigenvalue weighted by atomic mass is 10.00. The Bertz CT molecular complexity index is 799. The maximum Gasteiger partial charge on any atom is 0.125 e. The Labute approximate surface area is 148 Å². The largest absolute Gasteiger partial charge is 0.496 e. The van der Waals surface area contributed by atoms with Crippen LogP contribution in [0.4, 0.5) is 0 Å². The summed E-state index contributed by atoms with van der Waals surface area (Å²) in [5.41, 5.74) is 2.84. The van der Waals surface area contributed by atoms with E-state index in [1.54, 1.807) is 7.11 Å². The summed E-state index contributed by atoms with van der Waals surface area (Å²) in [4.78, 5) is 0. The molecule has 1 N–H and O–H groups in total. The van der Waals surface area contributed by atoms with Gasteiger partial charge >= 0.3 is 0 Å². The first-order valence-corrected chi connectivity index (χ1v) is 8.33. The van der Waals surface area contributed by atoms with Crippen LogP contribution in [0.5, 0.6) is 11.5 Å². The molecule has 128 valence electrons. The number of hydrogen-bond acceptors (Lipinski definition) is 3. The van der Waals surface area contributed by atoms with Crippen molar-refractivity contribution in [3.05, 3.63) is 95.6 Å². The molecule has 1 unspecified atom stereocenters. The van der Waals surface area contributed by atoms with Gasteiger partial charge in [0.15, 0.2) is 0 Å². The molecule has 0 aliphatic heterocycles. The quantitative estimate of drug-likeness (QED) is 0.689. The third-order valence-corrected chi connectivity index (χ3v) is 4.12. The molecule has 1 atom stereocenters. The van der Waals surface area contributed by atoms with Crippen LogP contribution in [0.15, 0.2) is 78.9 Å². The van der Waals surface area contributed by atoms with E-state index >= 15 is 0 Å². The first kappa shape index (κ1) is 17.1. The van der Waals surface area contributed by atoms with Gasteiger partial charge in [-0.2, -0.15) is 0 Å². The maximum absolute atomic E-state index is 10.7. The lowest BCUT2D eigenvalue weighted by Gasteiger charge is -2.17. The van der Waals surface area contributed by atoms with Gasteiger partial charge < -0.3 is 14.6 Å². The van der Waals surface area contributed by atoms with Crippen molar-refractivity contribution in [3.8, 4) is 11.5 Å².